The maximum Gasteiger partial charge on any atom is 0.254 e. The van der Waals surface area contributed by atoms with E-state index in [-0.39, 0.29) is 23.0 Å². The molecule has 2 saturated heterocycles. The van der Waals surface area contributed by atoms with E-state index >= 15 is 0 Å². The highest BCUT2D eigenvalue weighted by molar-refractivity contribution is 7.89. The lowest BCUT2D eigenvalue weighted by Gasteiger charge is -2.34. The van der Waals surface area contributed by atoms with Crippen molar-refractivity contribution in [3.05, 3.63) is 29.8 Å². The van der Waals surface area contributed by atoms with Crippen molar-refractivity contribution in [3.63, 3.8) is 0 Å². The molecule has 8 heteroatoms. The zero-order valence-corrected chi connectivity index (χ0v) is 17.9. The number of quaternary nitrogens is 1. The fourth-order valence-electron chi connectivity index (χ4n) is 4.06. The minimum atomic E-state index is -3.58. The van der Waals surface area contributed by atoms with Gasteiger partial charge in [-0.1, -0.05) is 6.92 Å². The molecule has 28 heavy (non-hydrogen) atoms. The van der Waals surface area contributed by atoms with Crippen molar-refractivity contribution in [3.8, 4) is 0 Å². The predicted octanol–water partition coefficient (Wildman–Crippen LogP) is 0.235. The summed E-state index contributed by atoms with van der Waals surface area (Å²) < 4.78 is 33.0. The minimum Gasteiger partial charge on any atom is -0.373 e. The maximum atomic E-state index is 12.9. The Morgan fingerprint density at radius 1 is 1.11 bits per heavy atom. The SMILES string of the molecule is CCC[NH+]1CCN(C(=O)c2ccc(S(=O)(=O)N3C[C@H](C)O[C@@H](C)C3)cc2)CC1. The van der Waals surface area contributed by atoms with Crippen LogP contribution < -0.4 is 4.90 Å². The summed E-state index contributed by atoms with van der Waals surface area (Å²) >= 11 is 0. The summed E-state index contributed by atoms with van der Waals surface area (Å²) in [6.45, 7) is 11.2. The summed E-state index contributed by atoms with van der Waals surface area (Å²) in [4.78, 5) is 16.4. The molecular formula is C20H32N3O4S+. The summed E-state index contributed by atoms with van der Waals surface area (Å²) in [5.74, 6) is -0.0203. The van der Waals surface area contributed by atoms with Crippen LogP contribution in [-0.2, 0) is 14.8 Å². The van der Waals surface area contributed by atoms with Gasteiger partial charge >= 0.3 is 0 Å². The van der Waals surface area contributed by atoms with E-state index in [0.717, 1.165) is 39.1 Å². The molecule has 2 fully saturated rings. The van der Waals surface area contributed by atoms with Crippen LogP contribution in [0.3, 0.4) is 0 Å². The number of piperazine rings is 1. The Bertz CT molecular complexity index is 763. The standard InChI is InChI=1S/C20H31N3O4S/c1-4-9-21-10-12-22(13-11-21)20(24)18-5-7-19(8-6-18)28(25,26)23-14-16(2)27-17(3)15-23/h5-8,16-17H,4,9-15H2,1-3H3/p+1/t16-,17-/m0/s1. The largest absolute Gasteiger partial charge is 0.373 e. The molecule has 0 bridgehead atoms. The Balaban J connectivity index is 1.67. The summed E-state index contributed by atoms with van der Waals surface area (Å²) in [5, 5.41) is 0. The van der Waals surface area contributed by atoms with Crippen molar-refractivity contribution in [1.29, 1.82) is 0 Å². The molecule has 0 aromatic heterocycles. The Morgan fingerprint density at radius 2 is 1.68 bits per heavy atom. The molecule has 0 unspecified atom stereocenters. The van der Waals surface area contributed by atoms with E-state index in [4.69, 9.17) is 4.74 Å². The fraction of sp³-hybridized carbons (Fsp3) is 0.650. The Morgan fingerprint density at radius 3 is 2.21 bits per heavy atom. The number of benzene rings is 1. The van der Waals surface area contributed by atoms with E-state index in [0.29, 0.717) is 18.7 Å². The molecule has 156 valence electrons. The van der Waals surface area contributed by atoms with Crippen LogP contribution in [0.1, 0.15) is 37.6 Å². The monoisotopic (exact) mass is 410 g/mol. The van der Waals surface area contributed by atoms with Gasteiger partial charge in [0.1, 0.15) is 0 Å². The lowest BCUT2D eigenvalue weighted by Crippen LogP contribution is -3.14. The number of amides is 1. The molecule has 0 aliphatic carbocycles. The molecule has 1 N–H and O–H groups in total. The van der Waals surface area contributed by atoms with Crippen LogP contribution >= 0.6 is 0 Å². The van der Waals surface area contributed by atoms with Gasteiger partial charge in [-0.3, -0.25) is 4.79 Å². The van der Waals surface area contributed by atoms with Gasteiger partial charge in [-0.15, -0.1) is 0 Å². The van der Waals surface area contributed by atoms with Crippen LogP contribution in [0.2, 0.25) is 0 Å². The molecule has 0 spiro atoms. The van der Waals surface area contributed by atoms with Crippen LogP contribution in [-0.4, -0.2) is 81.6 Å². The highest BCUT2D eigenvalue weighted by Crippen LogP contribution is 2.21. The van der Waals surface area contributed by atoms with E-state index in [1.54, 1.807) is 29.2 Å². The van der Waals surface area contributed by atoms with Gasteiger partial charge in [0.15, 0.2) is 0 Å². The first-order chi connectivity index (χ1) is 13.3. The van der Waals surface area contributed by atoms with Gasteiger partial charge < -0.3 is 14.5 Å². The fourth-order valence-corrected chi connectivity index (χ4v) is 5.65. The molecule has 2 aliphatic heterocycles. The van der Waals surface area contributed by atoms with Crippen molar-refractivity contribution in [2.75, 3.05) is 45.8 Å². The summed E-state index contributed by atoms with van der Waals surface area (Å²) in [6, 6.07) is 6.36. The lowest BCUT2D eigenvalue weighted by atomic mass is 10.2. The first kappa shape index (κ1) is 21.2. The highest BCUT2D eigenvalue weighted by Gasteiger charge is 2.32. The second kappa shape index (κ2) is 8.90. The van der Waals surface area contributed by atoms with Gasteiger partial charge in [-0.2, -0.15) is 4.31 Å². The average Bonchev–Trinajstić information content (AvgIpc) is 2.68. The maximum absolute atomic E-state index is 12.9. The van der Waals surface area contributed by atoms with Gasteiger partial charge in [0, 0.05) is 18.7 Å². The number of morpholine rings is 1. The number of ether oxygens (including phenoxy) is 1. The van der Waals surface area contributed by atoms with Gasteiger partial charge in [-0.05, 0) is 44.5 Å². The van der Waals surface area contributed by atoms with Crippen LogP contribution in [0.15, 0.2) is 29.2 Å². The molecule has 3 rings (SSSR count). The molecule has 2 heterocycles. The molecule has 1 aromatic carbocycles. The van der Waals surface area contributed by atoms with Crippen molar-refractivity contribution < 1.29 is 22.8 Å². The van der Waals surface area contributed by atoms with Crippen molar-refractivity contribution in [2.45, 2.75) is 44.3 Å². The van der Waals surface area contributed by atoms with Crippen molar-refractivity contribution >= 4 is 15.9 Å². The zero-order chi connectivity index (χ0) is 20.3. The molecule has 2 atom stereocenters. The quantitative estimate of drug-likeness (QED) is 0.755. The van der Waals surface area contributed by atoms with Gasteiger partial charge in [0.05, 0.1) is 49.8 Å². The van der Waals surface area contributed by atoms with E-state index in [2.05, 4.69) is 6.92 Å². The van der Waals surface area contributed by atoms with Crippen LogP contribution in [0, 0.1) is 0 Å². The van der Waals surface area contributed by atoms with Gasteiger partial charge in [0.25, 0.3) is 5.91 Å². The predicted molar refractivity (Wildman–Crippen MR) is 107 cm³/mol. The molecule has 0 saturated carbocycles. The van der Waals surface area contributed by atoms with E-state index in [1.165, 1.54) is 4.31 Å². The Kier molecular flexibility index (Phi) is 6.75. The smallest absolute Gasteiger partial charge is 0.254 e. The van der Waals surface area contributed by atoms with Crippen LogP contribution in [0.5, 0.6) is 0 Å². The van der Waals surface area contributed by atoms with Crippen molar-refractivity contribution in [1.82, 2.24) is 9.21 Å². The Hall–Kier alpha value is -1.48. The molecular weight excluding hydrogens is 378 g/mol. The van der Waals surface area contributed by atoms with E-state index in [1.807, 2.05) is 18.7 Å². The first-order valence-electron chi connectivity index (χ1n) is 10.2. The highest BCUT2D eigenvalue weighted by atomic mass is 32.2. The average molecular weight is 411 g/mol. The minimum absolute atomic E-state index is 0.0203. The molecule has 2 aliphatic rings. The van der Waals surface area contributed by atoms with Gasteiger partial charge in [0.2, 0.25) is 10.0 Å². The number of hydrogen-bond acceptors (Lipinski definition) is 4. The second-order valence-electron chi connectivity index (χ2n) is 7.90. The van der Waals surface area contributed by atoms with Crippen LogP contribution in [0.25, 0.3) is 0 Å². The van der Waals surface area contributed by atoms with Crippen LogP contribution in [0.4, 0.5) is 0 Å². The van der Waals surface area contributed by atoms with E-state index in [9.17, 15) is 13.2 Å². The second-order valence-corrected chi connectivity index (χ2v) is 9.83. The number of hydrogen-bond donors (Lipinski definition) is 1. The topological polar surface area (TPSA) is 71.4 Å². The lowest BCUT2D eigenvalue weighted by molar-refractivity contribution is -0.904. The summed E-state index contributed by atoms with van der Waals surface area (Å²) in [6.07, 6.45) is 0.890. The normalized spacial score (nSPS) is 25.0. The number of carbonyl (C=O) groups excluding carboxylic acids is 1. The number of rotatable bonds is 5. The molecule has 0 radical (unpaired) electrons. The summed E-state index contributed by atoms with van der Waals surface area (Å²) in [5.41, 5.74) is 0.543. The molecule has 1 aromatic rings. The molecule has 1 amide bonds. The number of nitrogens with one attached hydrogen (secondary N) is 1. The van der Waals surface area contributed by atoms with Gasteiger partial charge in [-0.25, -0.2) is 8.42 Å². The third kappa shape index (κ3) is 4.74. The zero-order valence-electron chi connectivity index (χ0n) is 17.1. The van der Waals surface area contributed by atoms with Crippen molar-refractivity contribution in [2.24, 2.45) is 0 Å². The summed E-state index contributed by atoms with van der Waals surface area (Å²) in [7, 11) is -3.58. The molecule has 7 nitrogen and oxygen atoms in total. The number of sulfonamides is 1. The Labute approximate surface area is 168 Å². The number of nitrogens with zero attached hydrogens (tertiary/aromatic N) is 2. The third-order valence-electron chi connectivity index (χ3n) is 5.49. The number of carbonyl (C=O) groups is 1. The third-order valence-corrected chi connectivity index (χ3v) is 7.33. The van der Waals surface area contributed by atoms with E-state index < -0.39 is 10.0 Å². The first-order valence-corrected chi connectivity index (χ1v) is 11.6.